The minimum atomic E-state index is -1.25. The normalized spacial score (nSPS) is 11.5. The summed E-state index contributed by atoms with van der Waals surface area (Å²) in [7, 11) is 0. The Morgan fingerprint density at radius 1 is 1.42 bits per heavy atom. The molecule has 0 aliphatic carbocycles. The van der Waals surface area contributed by atoms with E-state index in [2.05, 4.69) is 0 Å². The fraction of sp³-hybridized carbons (Fsp3) is 0.182. The van der Waals surface area contributed by atoms with Gasteiger partial charge < -0.3 is 15.6 Å². The van der Waals surface area contributed by atoms with Gasteiger partial charge >= 0.3 is 12.0 Å². The van der Waals surface area contributed by atoms with Gasteiger partial charge in [0.25, 0.3) is 5.91 Å². The van der Waals surface area contributed by atoms with Crippen LogP contribution in [-0.4, -0.2) is 29.1 Å². The number of hydrogen-bond acceptors (Lipinski definition) is 4. The van der Waals surface area contributed by atoms with E-state index in [1.165, 1.54) is 25.1 Å². The number of amides is 3. The molecule has 1 aromatic carbocycles. The molecule has 0 saturated heterocycles. The first kappa shape index (κ1) is 14.8. The molecule has 1 unspecified atom stereocenters. The van der Waals surface area contributed by atoms with Crippen molar-refractivity contribution in [1.82, 2.24) is 5.32 Å². The van der Waals surface area contributed by atoms with Crippen LogP contribution >= 0.6 is 11.6 Å². The van der Waals surface area contributed by atoms with Crippen molar-refractivity contribution in [2.24, 2.45) is 5.73 Å². The van der Waals surface area contributed by atoms with Gasteiger partial charge in [0, 0.05) is 0 Å². The first-order valence-electron chi connectivity index (χ1n) is 5.11. The molecule has 1 atom stereocenters. The van der Waals surface area contributed by atoms with E-state index in [0.717, 1.165) is 0 Å². The Morgan fingerprint density at radius 2 is 2.05 bits per heavy atom. The van der Waals surface area contributed by atoms with Gasteiger partial charge in [-0.2, -0.15) is 0 Å². The number of urea groups is 1. The number of imide groups is 1. The minimum Gasteiger partial charge on any atom is -0.478 e. The number of halogens is 1. The van der Waals surface area contributed by atoms with Crippen LogP contribution < -0.4 is 15.8 Å². The van der Waals surface area contributed by atoms with E-state index in [-0.39, 0.29) is 16.3 Å². The quantitative estimate of drug-likeness (QED) is 0.763. The largest absolute Gasteiger partial charge is 0.478 e. The van der Waals surface area contributed by atoms with Crippen molar-refractivity contribution in [2.75, 3.05) is 0 Å². The zero-order valence-electron chi connectivity index (χ0n) is 9.84. The molecule has 3 amide bonds. The van der Waals surface area contributed by atoms with E-state index in [1.807, 2.05) is 5.32 Å². The van der Waals surface area contributed by atoms with Crippen LogP contribution in [0, 0.1) is 0 Å². The molecule has 4 N–H and O–H groups in total. The molecular formula is C11H11ClN2O5. The summed E-state index contributed by atoms with van der Waals surface area (Å²) in [6, 6.07) is 3.11. The number of hydrogen-bond donors (Lipinski definition) is 3. The highest BCUT2D eigenvalue weighted by Crippen LogP contribution is 2.29. The van der Waals surface area contributed by atoms with Crippen LogP contribution in [0.4, 0.5) is 4.79 Å². The fourth-order valence-electron chi connectivity index (χ4n) is 1.25. The standard InChI is InChI=1S/C11H11ClN2O5/c1-5(9(15)14-11(13)18)19-8-6(10(16)17)3-2-4-7(8)12/h2-5H,1H3,(H,16,17)(H3,13,14,15,18). The summed E-state index contributed by atoms with van der Waals surface area (Å²) in [4.78, 5) is 32.9. The number of primary amides is 1. The van der Waals surface area contributed by atoms with Gasteiger partial charge in [0.1, 0.15) is 5.56 Å². The van der Waals surface area contributed by atoms with Gasteiger partial charge in [0.2, 0.25) is 0 Å². The molecule has 0 radical (unpaired) electrons. The summed E-state index contributed by atoms with van der Waals surface area (Å²) < 4.78 is 5.17. The maximum Gasteiger partial charge on any atom is 0.339 e. The minimum absolute atomic E-state index is 0.0404. The predicted molar refractivity (Wildman–Crippen MR) is 66.2 cm³/mol. The summed E-state index contributed by atoms with van der Waals surface area (Å²) in [5.41, 5.74) is 4.60. The smallest absolute Gasteiger partial charge is 0.339 e. The Labute approximate surface area is 113 Å². The predicted octanol–water partition coefficient (Wildman–Crippen LogP) is 1.00. The van der Waals surface area contributed by atoms with E-state index in [9.17, 15) is 14.4 Å². The number of nitrogens with one attached hydrogen (secondary N) is 1. The van der Waals surface area contributed by atoms with Crippen molar-refractivity contribution >= 4 is 29.5 Å². The monoisotopic (exact) mass is 286 g/mol. The second-order valence-electron chi connectivity index (χ2n) is 3.54. The summed E-state index contributed by atoms with van der Waals surface area (Å²) >= 11 is 5.82. The number of nitrogens with two attached hydrogens (primary N) is 1. The van der Waals surface area contributed by atoms with Gasteiger partial charge in [-0.1, -0.05) is 17.7 Å². The molecule has 0 heterocycles. The third kappa shape index (κ3) is 3.85. The number of aromatic carboxylic acids is 1. The second-order valence-corrected chi connectivity index (χ2v) is 3.94. The summed E-state index contributed by atoms with van der Waals surface area (Å²) in [6.07, 6.45) is -1.13. The highest BCUT2D eigenvalue weighted by Gasteiger charge is 2.21. The Bertz CT molecular complexity index is 532. The lowest BCUT2D eigenvalue weighted by molar-refractivity contribution is -0.126. The zero-order valence-corrected chi connectivity index (χ0v) is 10.6. The molecule has 0 spiro atoms. The van der Waals surface area contributed by atoms with Gasteiger partial charge in [0.05, 0.1) is 5.02 Å². The Morgan fingerprint density at radius 3 is 2.58 bits per heavy atom. The SMILES string of the molecule is CC(Oc1c(Cl)cccc1C(=O)O)C(=O)NC(N)=O. The summed E-state index contributed by atoms with van der Waals surface area (Å²) in [5, 5.41) is 10.8. The van der Waals surface area contributed by atoms with E-state index in [4.69, 9.17) is 27.2 Å². The van der Waals surface area contributed by atoms with Crippen molar-refractivity contribution < 1.29 is 24.2 Å². The van der Waals surface area contributed by atoms with Gasteiger partial charge in [-0.15, -0.1) is 0 Å². The molecule has 7 nitrogen and oxygen atoms in total. The topological polar surface area (TPSA) is 119 Å². The van der Waals surface area contributed by atoms with Crippen molar-refractivity contribution in [3.8, 4) is 5.75 Å². The molecule has 1 rings (SSSR count). The molecule has 0 fully saturated rings. The number of ether oxygens (including phenoxy) is 1. The molecule has 0 aliphatic rings. The van der Waals surface area contributed by atoms with E-state index in [1.54, 1.807) is 0 Å². The number of rotatable bonds is 4. The third-order valence-electron chi connectivity index (χ3n) is 2.11. The van der Waals surface area contributed by atoms with Crippen LogP contribution in [0.15, 0.2) is 18.2 Å². The highest BCUT2D eigenvalue weighted by atomic mass is 35.5. The Hall–Kier alpha value is -2.28. The van der Waals surface area contributed by atoms with Crippen LogP contribution in [0.25, 0.3) is 0 Å². The molecule has 19 heavy (non-hydrogen) atoms. The fourth-order valence-corrected chi connectivity index (χ4v) is 1.47. The Kier molecular flexibility index (Phi) is 4.71. The third-order valence-corrected chi connectivity index (χ3v) is 2.41. The molecule has 0 aliphatic heterocycles. The molecule has 0 saturated carbocycles. The average molecular weight is 287 g/mol. The van der Waals surface area contributed by atoms with E-state index in [0.29, 0.717) is 0 Å². The molecule has 1 aromatic rings. The lowest BCUT2D eigenvalue weighted by Crippen LogP contribution is -2.42. The summed E-state index contributed by atoms with van der Waals surface area (Å²) in [5.74, 6) is -2.20. The van der Waals surface area contributed by atoms with Crippen molar-refractivity contribution in [3.63, 3.8) is 0 Å². The maximum absolute atomic E-state index is 11.4. The molecule has 8 heteroatoms. The van der Waals surface area contributed by atoms with Gasteiger partial charge in [-0.05, 0) is 19.1 Å². The molecule has 102 valence electrons. The lowest BCUT2D eigenvalue weighted by atomic mass is 10.2. The van der Waals surface area contributed by atoms with E-state index < -0.39 is 24.0 Å². The van der Waals surface area contributed by atoms with Gasteiger partial charge in [-0.25, -0.2) is 9.59 Å². The number of benzene rings is 1. The summed E-state index contributed by atoms with van der Waals surface area (Å²) in [6.45, 7) is 1.33. The number of carboxylic acid groups (broad SMARTS) is 1. The first-order chi connectivity index (χ1) is 8.82. The van der Waals surface area contributed by atoms with Crippen LogP contribution in [0.1, 0.15) is 17.3 Å². The van der Waals surface area contributed by atoms with E-state index >= 15 is 0 Å². The highest BCUT2D eigenvalue weighted by molar-refractivity contribution is 6.32. The first-order valence-corrected chi connectivity index (χ1v) is 5.49. The molecule has 0 bridgehead atoms. The zero-order chi connectivity index (χ0) is 14.6. The number of para-hydroxylation sites is 1. The van der Waals surface area contributed by atoms with Crippen LogP contribution in [-0.2, 0) is 4.79 Å². The van der Waals surface area contributed by atoms with Crippen LogP contribution in [0.2, 0.25) is 5.02 Å². The van der Waals surface area contributed by atoms with Gasteiger partial charge in [-0.3, -0.25) is 10.1 Å². The van der Waals surface area contributed by atoms with Crippen LogP contribution in [0.5, 0.6) is 5.75 Å². The molecule has 0 aromatic heterocycles. The number of carbonyl (C=O) groups is 3. The number of carboxylic acids is 1. The van der Waals surface area contributed by atoms with Crippen molar-refractivity contribution in [1.29, 1.82) is 0 Å². The second kappa shape index (κ2) is 6.05. The average Bonchev–Trinajstić information content (AvgIpc) is 2.30. The lowest BCUT2D eigenvalue weighted by Gasteiger charge is -2.16. The number of carbonyl (C=O) groups excluding carboxylic acids is 2. The maximum atomic E-state index is 11.4. The van der Waals surface area contributed by atoms with Crippen molar-refractivity contribution in [2.45, 2.75) is 13.0 Å². The Balaban J connectivity index is 2.96. The van der Waals surface area contributed by atoms with Gasteiger partial charge in [0.15, 0.2) is 11.9 Å². The van der Waals surface area contributed by atoms with Crippen LogP contribution in [0.3, 0.4) is 0 Å². The van der Waals surface area contributed by atoms with Crippen molar-refractivity contribution in [3.05, 3.63) is 28.8 Å². The molecular weight excluding hydrogens is 276 g/mol.